The lowest BCUT2D eigenvalue weighted by molar-refractivity contribution is -0.136. The third-order valence-corrected chi connectivity index (χ3v) is 2.45. The van der Waals surface area contributed by atoms with Gasteiger partial charge >= 0.3 is 5.97 Å². The van der Waals surface area contributed by atoms with Crippen LogP contribution in [0.4, 0.5) is 8.78 Å². The van der Waals surface area contributed by atoms with E-state index >= 15 is 0 Å². The summed E-state index contributed by atoms with van der Waals surface area (Å²) in [5.74, 6) is -1.17. The molecular weight excluding hydrogens is 272 g/mol. The first-order chi connectivity index (χ1) is 7.06. The van der Waals surface area contributed by atoms with Crippen LogP contribution >= 0.6 is 15.9 Å². The molecule has 0 bridgehead atoms. The molecule has 0 unspecified atom stereocenters. The Morgan fingerprint density at radius 3 is 2.73 bits per heavy atom. The van der Waals surface area contributed by atoms with Crippen molar-refractivity contribution in [2.75, 3.05) is 0 Å². The second kappa shape index (κ2) is 5.16. The molecule has 1 N–H and O–H groups in total. The summed E-state index contributed by atoms with van der Waals surface area (Å²) in [5.41, 5.74) is 0.0162. The van der Waals surface area contributed by atoms with Crippen LogP contribution in [0.2, 0.25) is 0 Å². The van der Waals surface area contributed by atoms with Gasteiger partial charge in [0.2, 0.25) is 0 Å². The number of carboxylic acids is 1. The fourth-order valence-electron chi connectivity index (χ4n) is 1.23. The summed E-state index contributed by atoms with van der Waals surface area (Å²) < 4.78 is 25.3. The zero-order valence-corrected chi connectivity index (χ0v) is 9.17. The van der Waals surface area contributed by atoms with Crippen molar-refractivity contribution < 1.29 is 18.7 Å². The molecule has 1 heterocycles. The van der Waals surface area contributed by atoms with Crippen LogP contribution in [0.3, 0.4) is 0 Å². The second-order valence-corrected chi connectivity index (χ2v) is 3.40. The van der Waals surface area contributed by atoms with E-state index in [9.17, 15) is 13.6 Å². The zero-order chi connectivity index (χ0) is 11.4. The van der Waals surface area contributed by atoms with Gasteiger partial charge in [-0.25, -0.2) is 8.78 Å². The van der Waals surface area contributed by atoms with Gasteiger partial charge in [0.25, 0.3) is 6.43 Å². The molecule has 15 heavy (non-hydrogen) atoms. The fourth-order valence-corrected chi connectivity index (χ4v) is 1.72. The largest absolute Gasteiger partial charge is 0.481 e. The molecule has 0 spiro atoms. The van der Waals surface area contributed by atoms with E-state index in [4.69, 9.17) is 5.11 Å². The van der Waals surface area contributed by atoms with Crippen molar-refractivity contribution in [3.05, 3.63) is 29.1 Å². The molecule has 1 aromatic heterocycles. The van der Waals surface area contributed by atoms with E-state index < -0.39 is 18.8 Å². The maximum atomic E-state index is 12.7. The number of aromatic nitrogens is 1. The molecule has 0 fully saturated rings. The van der Waals surface area contributed by atoms with Crippen LogP contribution in [-0.4, -0.2) is 16.1 Å². The van der Waals surface area contributed by atoms with Gasteiger partial charge in [-0.15, -0.1) is 0 Å². The highest BCUT2D eigenvalue weighted by Crippen LogP contribution is 2.27. The molecule has 1 rings (SSSR count). The standard InChI is InChI=1S/C9H8BrF2NO2/c10-4-5-1-2-13-6(3-7(14)15)8(5)9(11)12/h1-2,9H,3-4H2,(H,14,15). The Hall–Kier alpha value is -1.04. The number of nitrogens with zero attached hydrogens (tertiary/aromatic N) is 1. The van der Waals surface area contributed by atoms with E-state index in [1.807, 2.05) is 0 Å². The lowest BCUT2D eigenvalue weighted by atomic mass is 10.1. The highest BCUT2D eigenvalue weighted by Gasteiger charge is 2.19. The Bertz CT molecular complexity index is 371. The van der Waals surface area contributed by atoms with Gasteiger partial charge in [0.1, 0.15) is 0 Å². The number of halogens is 3. The van der Waals surface area contributed by atoms with Crippen LogP contribution in [0.25, 0.3) is 0 Å². The minimum Gasteiger partial charge on any atom is -0.481 e. The Morgan fingerprint density at radius 1 is 1.60 bits per heavy atom. The van der Waals surface area contributed by atoms with Crippen LogP contribution in [0.15, 0.2) is 12.3 Å². The number of aliphatic carboxylic acids is 1. The molecule has 0 saturated carbocycles. The van der Waals surface area contributed by atoms with Crippen LogP contribution in [0.1, 0.15) is 23.2 Å². The van der Waals surface area contributed by atoms with Gasteiger partial charge in [-0.2, -0.15) is 0 Å². The van der Waals surface area contributed by atoms with E-state index in [2.05, 4.69) is 20.9 Å². The van der Waals surface area contributed by atoms with Gasteiger partial charge in [-0.1, -0.05) is 15.9 Å². The number of hydrogen-bond acceptors (Lipinski definition) is 2. The van der Waals surface area contributed by atoms with E-state index in [0.29, 0.717) is 5.56 Å². The molecule has 0 aliphatic rings. The molecule has 0 aromatic carbocycles. The molecule has 6 heteroatoms. The SMILES string of the molecule is O=C(O)Cc1nccc(CBr)c1C(F)F. The highest BCUT2D eigenvalue weighted by atomic mass is 79.9. The van der Waals surface area contributed by atoms with Gasteiger partial charge in [0.05, 0.1) is 12.1 Å². The van der Waals surface area contributed by atoms with E-state index in [0.717, 1.165) is 0 Å². The molecular formula is C9H8BrF2NO2. The minimum absolute atomic E-state index is 0.0746. The quantitative estimate of drug-likeness (QED) is 0.862. The smallest absolute Gasteiger partial charge is 0.309 e. The van der Waals surface area contributed by atoms with Crippen LogP contribution in [-0.2, 0) is 16.5 Å². The average Bonchev–Trinajstić information content (AvgIpc) is 2.15. The second-order valence-electron chi connectivity index (χ2n) is 2.84. The summed E-state index contributed by atoms with van der Waals surface area (Å²) in [6.07, 6.45) is -1.86. The van der Waals surface area contributed by atoms with Gasteiger partial charge in [-0.05, 0) is 11.6 Å². The monoisotopic (exact) mass is 279 g/mol. The third kappa shape index (κ3) is 2.95. The van der Waals surface area contributed by atoms with Crippen molar-refractivity contribution in [3.63, 3.8) is 0 Å². The average molecular weight is 280 g/mol. The van der Waals surface area contributed by atoms with E-state index in [1.54, 1.807) is 0 Å². The molecule has 0 aliphatic carbocycles. The van der Waals surface area contributed by atoms with Crippen LogP contribution in [0.5, 0.6) is 0 Å². The first kappa shape index (κ1) is 12.0. The maximum Gasteiger partial charge on any atom is 0.309 e. The number of carboxylic acid groups (broad SMARTS) is 1. The number of carbonyl (C=O) groups is 1. The molecule has 82 valence electrons. The fraction of sp³-hybridized carbons (Fsp3) is 0.333. The molecule has 0 saturated heterocycles. The molecule has 1 aromatic rings. The normalized spacial score (nSPS) is 10.7. The Morgan fingerprint density at radius 2 is 2.27 bits per heavy atom. The van der Waals surface area contributed by atoms with Gasteiger partial charge in [0, 0.05) is 17.1 Å². The zero-order valence-electron chi connectivity index (χ0n) is 7.58. The predicted molar refractivity (Wildman–Crippen MR) is 53.2 cm³/mol. The summed E-state index contributed by atoms with van der Waals surface area (Å²) in [5, 5.41) is 8.79. The van der Waals surface area contributed by atoms with Crippen molar-refractivity contribution in [3.8, 4) is 0 Å². The maximum absolute atomic E-state index is 12.7. The summed E-state index contributed by atoms with van der Waals surface area (Å²) in [6.45, 7) is 0. The Labute approximate surface area is 93.3 Å². The first-order valence-electron chi connectivity index (χ1n) is 4.08. The van der Waals surface area contributed by atoms with Crippen LogP contribution in [0, 0.1) is 0 Å². The number of rotatable bonds is 4. The molecule has 3 nitrogen and oxygen atoms in total. The minimum atomic E-state index is -2.71. The van der Waals surface area contributed by atoms with Gasteiger partial charge < -0.3 is 5.11 Å². The molecule has 0 aliphatic heterocycles. The summed E-state index contributed by atoms with van der Waals surface area (Å²) in [6, 6.07) is 1.45. The highest BCUT2D eigenvalue weighted by molar-refractivity contribution is 9.08. The van der Waals surface area contributed by atoms with Crippen molar-refractivity contribution in [1.29, 1.82) is 0 Å². The number of pyridine rings is 1. The van der Waals surface area contributed by atoms with Crippen molar-refractivity contribution >= 4 is 21.9 Å². The Kier molecular flexibility index (Phi) is 4.14. The van der Waals surface area contributed by atoms with Gasteiger partial charge in [-0.3, -0.25) is 9.78 Å². The van der Waals surface area contributed by atoms with E-state index in [-0.39, 0.29) is 16.6 Å². The Balaban J connectivity index is 3.19. The summed E-state index contributed by atoms with van der Waals surface area (Å²) >= 11 is 3.07. The van der Waals surface area contributed by atoms with E-state index in [1.165, 1.54) is 12.3 Å². The predicted octanol–water partition coefficient (Wildman–Crippen LogP) is 2.54. The van der Waals surface area contributed by atoms with Crippen molar-refractivity contribution in [1.82, 2.24) is 4.98 Å². The summed E-state index contributed by atoms with van der Waals surface area (Å²) in [7, 11) is 0. The van der Waals surface area contributed by atoms with Crippen molar-refractivity contribution in [2.24, 2.45) is 0 Å². The lowest BCUT2D eigenvalue weighted by Gasteiger charge is -2.09. The third-order valence-electron chi connectivity index (χ3n) is 1.84. The number of hydrogen-bond donors (Lipinski definition) is 1. The number of alkyl halides is 3. The lowest BCUT2D eigenvalue weighted by Crippen LogP contribution is -2.08. The molecule has 0 atom stereocenters. The topological polar surface area (TPSA) is 50.2 Å². The summed E-state index contributed by atoms with van der Waals surface area (Å²) in [4.78, 5) is 14.1. The molecule has 0 amide bonds. The van der Waals surface area contributed by atoms with Crippen LogP contribution < -0.4 is 0 Å². The van der Waals surface area contributed by atoms with Crippen molar-refractivity contribution in [2.45, 2.75) is 18.2 Å². The first-order valence-corrected chi connectivity index (χ1v) is 5.21. The molecule has 0 radical (unpaired) electrons. The van der Waals surface area contributed by atoms with Gasteiger partial charge in [0.15, 0.2) is 0 Å².